The number of aromatic hydroxyl groups is 1. The average Bonchev–Trinajstić information content (AvgIpc) is 2.95. The first-order valence-corrected chi connectivity index (χ1v) is 6.88. The van der Waals surface area contributed by atoms with Gasteiger partial charge in [-0.05, 0) is 31.4 Å². The van der Waals surface area contributed by atoms with Gasteiger partial charge in [-0.3, -0.25) is 4.79 Å². The third kappa shape index (κ3) is 2.75. The highest BCUT2D eigenvalue weighted by Gasteiger charge is 2.35. The van der Waals surface area contributed by atoms with Crippen LogP contribution in [0.4, 0.5) is 13.2 Å². The number of phenolic OH excluding ortho intramolecular Hbond substituents is 1. The van der Waals surface area contributed by atoms with Gasteiger partial charge in [-0.1, -0.05) is 0 Å². The van der Waals surface area contributed by atoms with Crippen LogP contribution < -0.4 is 5.32 Å². The van der Waals surface area contributed by atoms with E-state index in [1.165, 1.54) is 4.90 Å². The second kappa shape index (κ2) is 6.34. The minimum absolute atomic E-state index is 0. The standard InChI is InChI=1S/C14H15F3N2O2.ClH/c15-9-5-8(11(16)13(20)12(9)17)14(21)19-4-2-10-7(6-19)1-3-18-10;/h5,7,10,18,20H,1-4,6H2;1H. The molecule has 2 N–H and O–H groups in total. The summed E-state index contributed by atoms with van der Waals surface area (Å²) in [7, 11) is 0. The number of hydrogen-bond acceptors (Lipinski definition) is 3. The Bertz CT molecular complexity index is 600. The summed E-state index contributed by atoms with van der Waals surface area (Å²) in [5, 5.41) is 12.5. The van der Waals surface area contributed by atoms with Crippen LogP contribution in [0.5, 0.6) is 5.75 Å². The van der Waals surface area contributed by atoms with Gasteiger partial charge in [0.2, 0.25) is 5.82 Å². The number of phenols is 1. The van der Waals surface area contributed by atoms with Crippen LogP contribution in [0.15, 0.2) is 6.07 Å². The molecule has 2 atom stereocenters. The smallest absolute Gasteiger partial charge is 0.257 e. The molecular formula is C14H16ClF3N2O2. The average molecular weight is 337 g/mol. The van der Waals surface area contributed by atoms with E-state index in [1.807, 2.05) is 0 Å². The first-order valence-electron chi connectivity index (χ1n) is 6.88. The molecule has 8 heteroatoms. The summed E-state index contributed by atoms with van der Waals surface area (Å²) >= 11 is 0. The van der Waals surface area contributed by atoms with Gasteiger partial charge in [0, 0.05) is 19.1 Å². The van der Waals surface area contributed by atoms with Gasteiger partial charge in [-0.15, -0.1) is 12.4 Å². The van der Waals surface area contributed by atoms with E-state index in [1.54, 1.807) is 0 Å². The molecule has 122 valence electrons. The van der Waals surface area contributed by atoms with Gasteiger partial charge in [0.25, 0.3) is 5.91 Å². The molecule has 2 fully saturated rings. The van der Waals surface area contributed by atoms with E-state index in [0.29, 0.717) is 31.1 Å². The van der Waals surface area contributed by atoms with Gasteiger partial charge in [-0.25, -0.2) is 8.78 Å². The van der Waals surface area contributed by atoms with E-state index in [2.05, 4.69) is 5.32 Å². The topological polar surface area (TPSA) is 52.6 Å². The van der Waals surface area contributed by atoms with E-state index in [4.69, 9.17) is 0 Å². The van der Waals surface area contributed by atoms with E-state index >= 15 is 0 Å². The summed E-state index contributed by atoms with van der Waals surface area (Å²) in [6.45, 7) is 1.76. The largest absolute Gasteiger partial charge is 0.503 e. The van der Waals surface area contributed by atoms with Crippen LogP contribution in [0.1, 0.15) is 23.2 Å². The van der Waals surface area contributed by atoms with Crippen molar-refractivity contribution in [2.24, 2.45) is 5.92 Å². The molecule has 0 saturated carbocycles. The van der Waals surface area contributed by atoms with Crippen LogP contribution in [0.25, 0.3) is 0 Å². The molecule has 0 spiro atoms. The lowest BCUT2D eigenvalue weighted by Gasteiger charge is -2.35. The molecule has 1 amide bonds. The molecule has 2 aliphatic rings. The van der Waals surface area contributed by atoms with Crippen molar-refractivity contribution >= 4 is 18.3 Å². The maximum Gasteiger partial charge on any atom is 0.257 e. The number of fused-ring (bicyclic) bond motifs is 1. The number of piperidine rings is 1. The highest BCUT2D eigenvalue weighted by molar-refractivity contribution is 5.95. The summed E-state index contributed by atoms with van der Waals surface area (Å²) in [6, 6.07) is 0.864. The van der Waals surface area contributed by atoms with Crippen molar-refractivity contribution in [1.29, 1.82) is 0 Å². The molecule has 22 heavy (non-hydrogen) atoms. The Balaban J connectivity index is 0.00000176. The number of benzene rings is 1. The maximum atomic E-state index is 13.8. The van der Waals surface area contributed by atoms with Crippen molar-refractivity contribution in [3.05, 3.63) is 29.1 Å². The lowest BCUT2D eigenvalue weighted by molar-refractivity contribution is 0.0655. The fraction of sp³-hybridized carbons (Fsp3) is 0.500. The lowest BCUT2D eigenvalue weighted by Crippen LogP contribution is -2.47. The summed E-state index contributed by atoms with van der Waals surface area (Å²) < 4.78 is 40.1. The zero-order valence-electron chi connectivity index (χ0n) is 11.6. The Labute approximate surface area is 131 Å². The van der Waals surface area contributed by atoms with Gasteiger partial charge in [0.1, 0.15) is 0 Å². The van der Waals surface area contributed by atoms with Crippen LogP contribution >= 0.6 is 12.4 Å². The van der Waals surface area contributed by atoms with E-state index in [9.17, 15) is 23.1 Å². The number of amides is 1. The predicted molar refractivity (Wildman–Crippen MR) is 75.6 cm³/mol. The number of carbonyl (C=O) groups excluding carboxylic acids is 1. The second-order valence-corrected chi connectivity index (χ2v) is 5.53. The molecule has 3 rings (SSSR count). The third-order valence-electron chi connectivity index (χ3n) is 4.31. The maximum absolute atomic E-state index is 13.8. The van der Waals surface area contributed by atoms with Gasteiger partial charge in [-0.2, -0.15) is 4.39 Å². The Kier molecular flexibility index (Phi) is 4.87. The Hall–Kier alpha value is -1.47. The molecule has 2 heterocycles. The molecule has 2 saturated heterocycles. The van der Waals surface area contributed by atoms with Crippen LogP contribution in [0.3, 0.4) is 0 Å². The summed E-state index contributed by atoms with van der Waals surface area (Å²) in [5.41, 5.74) is -0.629. The summed E-state index contributed by atoms with van der Waals surface area (Å²) in [6.07, 6.45) is 1.67. The fourth-order valence-electron chi connectivity index (χ4n) is 3.15. The quantitative estimate of drug-likeness (QED) is 0.772. The first kappa shape index (κ1) is 16.9. The molecule has 2 unspecified atom stereocenters. The molecule has 2 aliphatic heterocycles. The van der Waals surface area contributed by atoms with Gasteiger partial charge in [0.05, 0.1) is 5.56 Å². The first-order chi connectivity index (χ1) is 9.99. The molecular weight excluding hydrogens is 321 g/mol. The molecule has 0 bridgehead atoms. The number of likely N-dealkylation sites (tertiary alicyclic amines) is 1. The van der Waals surface area contributed by atoms with E-state index in [0.717, 1.165) is 19.4 Å². The number of carbonyl (C=O) groups is 1. The van der Waals surface area contributed by atoms with Gasteiger partial charge < -0.3 is 15.3 Å². The predicted octanol–water partition coefficient (Wildman–Crippen LogP) is 2.06. The second-order valence-electron chi connectivity index (χ2n) is 5.53. The number of nitrogens with one attached hydrogen (secondary N) is 1. The van der Waals surface area contributed by atoms with Crippen molar-refractivity contribution in [3.63, 3.8) is 0 Å². The van der Waals surface area contributed by atoms with E-state index in [-0.39, 0.29) is 12.4 Å². The monoisotopic (exact) mass is 336 g/mol. The summed E-state index contributed by atoms with van der Waals surface area (Å²) in [4.78, 5) is 13.7. The lowest BCUT2D eigenvalue weighted by atomic mass is 9.93. The van der Waals surface area contributed by atoms with Crippen LogP contribution in [-0.2, 0) is 0 Å². The van der Waals surface area contributed by atoms with Gasteiger partial charge in [0.15, 0.2) is 17.4 Å². The van der Waals surface area contributed by atoms with Crippen LogP contribution in [0, 0.1) is 23.4 Å². The number of hydrogen-bond donors (Lipinski definition) is 2. The molecule has 1 aromatic rings. The minimum Gasteiger partial charge on any atom is -0.503 e. The zero-order chi connectivity index (χ0) is 15.1. The highest BCUT2D eigenvalue weighted by Crippen LogP contribution is 2.29. The molecule has 0 radical (unpaired) electrons. The molecule has 0 aromatic heterocycles. The normalized spacial score (nSPS) is 23.9. The Morgan fingerprint density at radius 3 is 2.73 bits per heavy atom. The Morgan fingerprint density at radius 2 is 2.00 bits per heavy atom. The summed E-state index contributed by atoms with van der Waals surface area (Å²) in [5.74, 6) is -6.39. The van der Waals surface area contributed by atoms with Crippen LogP contribution in [-0.4, -0.2) is 41.6 Å². The fourth-order valence-corrected chi connectivity index (χ4v) is 3.15. The Morgan fingerprint density at radius 1 is 1.27 bits per heavy atom. The van der Waals surface area contributed by atoms with Crippen molar-refractivity contribution in [1.82, 2.24) is 10.2 Å². The number of rotatable bonds is 1. The van der Waals surface area contributed by atoms with Crippen molar-refractivity contribution in [2.45, 2.75) is 18.9 Å². The van der Waals surface area contributed by atoms with Crippen LogP contribution in [0.2, 0.25) is 0 Å². The minimum atomic E-state index is -1.68. The number of halogens is 4. The van der Waals surface area contributed by atoms with Crippen molar-refractivity contribution in [3.8, 4) is 5.75 Å². The van der Waals surface area contributed by atoms with Gasteiger partial charge >= 0.3 is 0 Å². The zero-order valence-corrected chi connectivity index (χ0v) is 12.4. The molecule has 0 aliphatic carbocycles. The highest BCUT2D eigenvalue weighted by atomic mass is 35.5. The van der Waals surface area contributed by atoms with E-state index < -0.39 is 34.7 Å². The number of nitrogens with zero attached hydrogens (tertiary/aromatic N) is 1. The van der Waals surface area contributed by atoms with Crippen molar-refractivity contribution in [2.75, 3.05) is 19.6 Å². The molecule has 4 nitrogen and oxygen atoms in total. The molecule has 1 aromatic carbocycles. The SMILES string of the molecule is Cl.O=C(c1cc(F)c(F)c(O)c1F)N1CCC2NCCC2C1. The van der Waals surface area contributed by atoms with Crippen molar-refractivity contribution < 1.29 is 23.1 Å². The third-order valence-corrected chi connectivity index (χ3v) is 4.31.